The molecule has 2 N–H and O–H groups in total. The highest BCUT2D eigenvalue weighted by molar-refractivity contribution is 5.93. The maximum atomic E-state index is 12.0. The number of benzene rings is 1. The van der Waals surface area contributed by atoms with E-state index >= 15 is 0 Å². The molecule has 2 heterocycles. The van der Waals surface area contributed by atoms with Gasteiger partial charge in [0, 0.05) is 30.9 Å². The molecule has 1 aliphatic heterocycles. The summed E-state index contributed by atoms with van der Waals surface area (Å²) in [5, 5.41) is 2.92. The Balaban J connectivity index is 1.68. The number of aromatic amines is 1. The van der Waals surface area contributed by atoms with Crippen LogP contribution >= 0.6 is 0 Å². The zero-order valence-corrected chi connectivity index (χ0v) is 12.6. The van der Waals surface area contributed by atoms with Gasteiger partial charge in [0.05, 0.1) is 18.8 Å². The first-order valence-electron chi connectivity index (χ1n) is 7.47. The van der Waals surface area contributed by atoms with Crippen molar-refractivity contribution in [2.75, 3.05) is 13.2 Å². The molecule has 1 fully saturated rings. The lowest BCUT2D eigenvalue weighted by atomic mass is 10.1. The van der Waals surface area contributed by atoms with E-state index in [4.69, 9.17) is 9.47 Å². The van der Waals surface area contributed by atoms with Crippen LogP contribution in [0.25, 0.3) is 0 Å². The summed E-state index contributed by atoms with van der Waals surface area (Å²) in [6.45, 7) is 3.84. The van der Waals surface area contributed by atoms with Gasteiger partial charge in [-0.3, -0.25) is 4.79 Å². The highest BCUT2D eigenvalue weighted by Gasteiger charge is 2.19. The summed E-state index contributed by atoms with van der Waals surface area (Å²) in [4.78, 5) is 14.9. The zero-order valence-electron chi connectivity index (χ0n) is 12.6. The summed E-state index contributed by atoms with van der Waals surface area (Å²) in [5.74, 6) is 0.724. The number of ether oxygens (including phenoxy) is 2. The van der Waals surface area contributed by atoms with E-state index in [1.165, 1.54) is 0 Å². The molecule has 0 saturated carbocycles. The van der Waals surface area contributed by atoms with Crippen LogP contribution in [0, 0.1) is 6.92 Å². The van der Waals surface area contributed by atoms with Crippen molar-refractivity contribution in [2.45, 2.75) is 26.0 Å². The Kier molecular flexibility index (Phi) is 4.44. The van der Waals surface area contributed by atoms with Gasteiger partial charge in [-0.25, -0.2) is 0 Å². The molecule has 1 aromatic heterocycles. The van der Waals surface area contributed by atoms with Gasteiger partial charge in [-0.05, 0) is 24.6 Å². The van der Waals surface area contributed by atoms with Crippen molar-refractivity contribution in [1.82, 2.24) is 10.3 Å². The molecule has 3 rings (SSSR count). The van der Waals surface area contributed by atoms with Crippen LogP contribution in [0.4, 0.5) is 0 Å². The van der Waals surface area contributed by atoms with Gasteiger partial charge in [-0.1, -0.05) is 12.1 Å². The number of nitrogens with one attached hydrogen (secondary N) is 2. The van der Waals surface area contributed by atoms with Crippen molar-refractivity contribution in [3.63, 3.8) is 0 Å². The fourth-order valence-corrected chi connectivity index (χ4v) is 2.45. The Morgan fingerprint density at radius 1 is 1.45 bits per heavy atom. The SMILES string of the molecule is Cc1ccc(CNC(=O)c2cc[nH]c2)c(O[C@@H]2CCOC2)c1. The molecule has 1 atom stereocenters. The van der Waals surface area contributed by atoms with Crippen LogP contribution in [0.2, 0.25) is 0 Å². The number of aromatic nitrogens is 1. The number of carbonyl (C=O) groups is 1. The zero-order chi connectivity index (χ0) is 15.4. The van der Waals surface area contributed by atoms with Crippen molar-refractivity contribution in [3.05, 3.63) is 53.3 Å². The van der Waals surface area contributed by atoms with E-state index in [9.17, 15) is 4.79 Å². The van der Waals surface area contributed by atoms with Crippen LogP contribution in [-0.2, 0) is 11.3 Å². The van der Waals surface area contributed by atoms with Gasteiger partial charge in [0.25, 0.3) is 5.91 Å². The average Bonchev–Trinajstić information content (AvgIpc) is 3.19. The van der Waals surface area contributed by atoms with Gasteiger partial charge in [-0.15, -0.1) is 0 Å². The minimum atomic E-state index is -0.100. The van der Waals surface area contributed by atoms with Crippen LogP contribution in [0.3, 0.4) is 0 Å². The van der Waals surface area contributed by atoms with Gasteiger partial charge in [-0.2, -0.15) is 0 Å². The molecule has 1 saturated heterocycles. The summed E-state index contributed by atoms with van der Waals surface area (Å²) in [5.41, 5.74) is 2.73. The summed E-state index contributed by atoms with van der Waals surface area (Å²) in [6, 6.07) is 7.78. The number of aryl methyl sites for hydroxylation is 1. The summed E-state index contributed by atoms with van der Waals surface area (Å²) in [7, 11) is 0. The van der Waals surface area contributed by atoms with Crippen molar-refractivity contribution in [3.8, 4) is 5.75 Å². The molecule has 0 aliphatic carbocycles. The topological polar surface area (TPSA) is 63.4 Å². The smallest absolute Gasteiger partial charge is 0.253 e. The molecule has 1 aliphatic rings. The third-order valence-electron chi connectivity index (χ3n) is 3.70. The van der Waals surface area contributed by atoms with E-state index in [-0.39, 0.29) is 12.0 Å². The van der Waals surface area contributed by atoms with Crippen molar-refractivity contribution >= 4 is 5.91 Å². The van der Waals surface area contributed by atoms with E-state index < -0.39 is 0 Å². The Bertz CT molecular complexity index is 631. The van der Waals surface area contributed by atoms with Gasteiger partial charge >= 0.3 is 0 Å². The molecule has 1 amide bonds. The molecule has 0 spiro atoms. The number of carbonyl (C=O) groups excluding carboxylic acids is 1. The molecular formula is C17H20N2O3. The predicted molar refractivity (Wildman–Crippen MR) is 83.0 cm³/mol. The maximum absolute atomic E-state index is 12.0. The largest absolute Gasteiger partial charge is 0.488 e. The molecule has 0 radical (unpaired) electrons. The Hall–Kier alpha value is -2.27. The Labute approximate surface area is 129 Å². The van der Waals surface area contributed by atoms with E-state index in [1.807, 2.05) is 25.1 Å². The van der Waals surface area contributed by atoms with Crippen molar-refractivity contribution in [1.29, 1.82) is 0 Å². The van der Waals surface area contributed by atoms with Gasteiger partial charge in [0.2, 0.25) is 0 Å². The number of hydrogen-bond donors (Lipinski definition) is 2. The van der Waals surface area contributed by atoms with Gasteiger partial charge in [0.1, 0.15) is 11.9 Å². The van der Waals surface area contributed by atoms with Crippen molar-refractivity contribution in [2.24, 2.45) is 0 Å². The van der Waals surface area contributed by atoms with Crippen molar-refractivity contribution < 1.29 is 14.3 Å². The summed E-state index contributed by atoms with van der Waals surface area (Å²) >= 11 is 0. The Morgan fingerprint density at radius 3 is 3.09 bits per heavy atom. The second kappa shape index (κ2) is 6.66. The van der Waals surface area contributed by atoms with Crippen LogP contribution < -0.4 is 10.1 Å². The molecule has 1 aromatic carbocycles. The first-order chi connectivity index (χ1) is 10.7. The minimum Gasteiger partial charge on any atom is -0.488 e. The van der Waals surface area contributed by atoms with E-state index in [0.717, 1.165) is 29.9 Å². The monoisotopic (exact) mass is 300 g/mol. The molecule has 0 unspecified atom stereocenters. The van der Waals surface area contributed by atoms with Crippen LogP contribution in [0.1, 0.15) is 27.9 Å². The fraction of sp³-hybridized carbons (Fsp3) is 0.353. The molecular weight excluding hydrogens is 280 g/mol. The first kappa shape index (κ1) is 14.7. The first-order valence-corrected chi connectivity index (χ1v) is 7.47. The van der Waals surface area contributed by atoms with Crippen LogP contribution in [-0.4, -0.2) is 30.2 Å². The third-order valence-corrected chi connectivity index (χ3v) is 3.70. The van der Waals surface area contributed by atoms with E-state index in [0.29, 0.717) is 18.7 Å². The van der Waals surface area contributed by atoms with Gasteiger partial charge in [0.15, 0.2) is 0 Å². The number of rotatable bonds is 5. The molecule has 22 heavy (non-hydrogen) atoms. The van der Waals surface area contributed by atoms with Crippen LogP contribution in [0.15, 0.2) is 36.7 Å². The number of hydrogen-bond acceptors (Lipinski definition) is 3. The van der Waals surface area contributed by atoms with E-state index in [2.05, 4.69) is 10.3 Å². The molecule has 0 bridgehead atoms. The highest BCUT2D eigenvalue weighted by atomic mass is 16.5. The summed E-state index contributed by atoms with van der Waals surface area (Å²) < 4.78 is 11.4. The average molecular weight is 300 g/mol. The Morgan fingerprint density at radius 2 is 2.36 bits per heavy atom. The molecule has 5 nitrogen and oxygen atoms in total. The molecule has 116 valence electrons. The number of H-pyrrole nitrogens is 1. The number of amides is 1. The lowest BCUT2D eigenvalue weighted by Crippen LogP contribution is -2.23. The third kappa shape index (κ3) is 3.49. The van der Waals surface area contributed by atoms with E-state index in [1.54, 1.807) is 18.5 Å². The molecule has 2 aromatic rings. The minimum absolute atomic E-state index is 0.0981. The standard InChI is InChI=1S/C17H20N2O3/c1-12-2-3-13(10-19-17(20)14-4-6-18-9-14)16(8-12)22-15-5-7-21-11-15/h2-4,6,8-9,15,18H,5,7,10-11H2,1H3,(H,19,20)/t15-/m1/s1. The second-order valence-corrected chi connectivity index (χ2v) is 5.50. The summed E-state index contributed by atoms with van der Waals surface area (Å²) in [6.07, 6.45) is 4.41. The maximum Gasteiger partial charge on any atom is 0.253 e. The van der Waals surface area contributed by atoms with Crippen LogP contribution in [0.5, 0.6) is 5.75 Å². The highest BCUT2D eigenvalue weighted by Crippen LogP contribution is 2.23. The second-order valence-electron chi connectivity index (χ2n) is 5.50. The molecule has 5 heteroatoms. The fourth-order valence-electron chi connectivity index (χ4n) is 2.45. The lowest BCUT2D eigenvalue weighted by molar-refractivity contribution is 0.0950. The normalized spacial score (nSPS) is 17.4. The van der Waals surface area contributed by atoms with Gasteiger partial charge < -0.3 is 19.8 Å². The lowest BCUT2D eigenvalue weighted by Gasteiger charge is -2.16. The predicted octanol–water partition coefficient (Wildman–Crippen LogP) is 2.42. The quantitative estimate of drug-likeness (QED) is 0.891.